The van der Waals surface area contributed by atoms with Crippen LogP contribution in [0.25, 0.3) is 0 Å². The number of carbonyl (C=O) groups excluding carboxylic acids is 2. The van der Waals surface area contributed by atoms with E-state index in [1.165, 1.54) is 18.4 Å². The number of likely N-dealkylation sites (tertiary alicyclic amines) is 1. The van der Waals surface area contributed by atoms with E-state index in [1.54, 1.807) is 0 Å². The first-order chi connectivity index (χ1) is 13.7. The zero-order valence-corrected chi connectivity index (χ0v) is 18.9. The Morgan fingerprint density at radius 1 is 1.41 bits per heavy atom. The molecule has 0 bridgehead atoms. The third-order valence-corrected chi connectivity index (χ3v) is 6.69. The topological polar surface area (TPSA) is 55.8 Å². The van der Waals surface area contributed by atoms with Gasteiger partial charge in [-0.3, -0.25) is 4.79 Å². The zero-order valence-electron chi connectivity index (χ0n) is 18.0. The minimum atomic E-state index is -0.348. The molecular weight excluding hydrogens is 386 g/mol. The van der Waals surface area contributed by atoms with Gasteiger partial charge >= 0.3 is 5.97 Å². The average molecular weight is 418 g/mol. The molecule has 1 amide bonds. The molecule has 0 aromatic carbocycles. The van der Waals surface area contributed by atoms with E-state index in [2.05, 4.69) is 39.5 Å². The maximum atomic E-state index is 13.2. The summed E-state index contributed by atoms with van der Waals surface area (Å²) in [5, 5.41) is 0. The van der Waals surface area contributed by atoms with Crippen molar-refractivity contribution in [1.29, 1.82) is 0 Å². The molecular formula is C23H31NO4S. The Balaban J connectivity index is 1.91. The van der Waals surface area contributed by atoms with Crippen molar-refractivity contribution >= 4 is 23.2 Å². The number of ether oxygens (including phenoxy) is 2. The molecule has 2 saturated heterocycles. The van der Waals surface area contributed by atoms with Crippen molar-refractivity contribution in [2.24, 2.45) is 11.3 Å². The van der Waals surface area contributed by atoms with E-state index < -0.39 is 0 Å². The third-order valence-electron chi connectivity index (χ3n) is 5.64. The lowest BCUT2D eigenvalue weighted by Gasteiger charge is -2.25. The Morgan fingerprint density at radius 2 is 2.17 bits per heavy atom. The molecule has 0 radical (unpaired) electrons. The molecule has 6 heteroatoms. The van der Waals surface area contributed by atoms with E-state index in [9.17, 15) is 9.59 Å². The Morgan fingerprint density at radius 3 is 2.76 bits per heavy atom. The second-order valence-corrected chi connectivity index (χ2v) is 9.90. The molecule has 2 aliphatic heterocycles. The summed E-state index contributed by atoms with van der Waals surface area (Å²) in [6.07, 6.45) is 2.51. The van der Waals surface area contributed by atoms with E-state index in [4.69, 9.17) is 9.47 Å². The molecule has 3 rings (SSSR count). The highest BCUT2D eigenvalue weighted by atomic mass is 32.1. The van der Waals surface area contributed by atoms with Gasteiger partial charge in [-0.15, -0.1) is 11.3 Å². The number of esters is 1. The van der Waals surface area contributed by atoms with Crippen LogP contribution in [0.15, 0.2) is 6.07 Å². The SMILES string of the molecule is CCC(c1cc(C#CC(C)(C)C)sc1C(=O)OC)[C@H]1CCN([C@H]2CCOC2)C1=O. The van der Waals surface area contributed by atoms with Gasteiger partial charge in [-0.2, -0.15) is 0 Å². The van der Waals surface area contributed by atoms with Gasteiger partial charge in [0.05, 0.1) is 24.6 Å². The molecule has 0 saturated carbocycles. The predicted octanol–water partition coefficient (Wildman–Crippen LogP) is 4.06. The van der Waals surface area contributed by atoms with E-state index in [0.717, 1.165) is 42.9 Å². The molecule has 0 aliphatic carbocycles. The van der Waals surface area contributed by atoms with Crippen LogP contribution in [0, 0.1) is 23.2 Å². The fourth-order valence-corrected chi connectivity index (χ4v) is 5.20. The Hall–Kier alpha value is -1.84. The largest absolute Gasteiger partial charge is 0.465 e. The van der Waals surface area contributed by atoms with Gasteiger partial charge in [0.1, 0.15) is 4.88 Å². The van der Waals surface area contributed by atoms with Gasteiger partial charge in [-0.25, -0.2) is 4.79 Å². The number of rotatable bonds is 5. The lowest BCUT2D eigenvalue weighted by molar-refractivity contribution is -0.133. The minimum absolute atomic E-state index is 0.00893. The smallest absolute Gasteiger partial charge is 0.348 e. The van der Waals surface area contributed by atoms with Gasteiger partial charge in [0.15, 0.2) is 0 Å². The second-order valence-electron chi connectivity index (χ2n) is 8.85. The first-order valence-electron chi connectivity index (χ1n) is 10.4. The molecule has 2 aliphatic rings. The van der Waals surface area contributed by atoms with Gasteiger partial charge in [0.25, 0.3) is 0 Å². The average Bonchev–Trinajstić information content (AvgIpc) is 3.40. The van der Waals surface area contributed by atoms with Crippen LogP contribution in [0.3, 0.4) is 0 Å². The number of amides is 1. The number of methoxy groups -OCH3 is 1. The highest BCUT2D eigenvalue weighted by molar-refractivity contribution is 7.14. The predicted molar refractivity (Wildman–Crippen MR) is 114 cm³/mol. The van der Waals surface area contributed by atoms with Crippen LogP contribution in [0.4, 0.5) is 0 Å². The zero-order chi connectivity index (χ0) is 21.2. The molecule has 1 aromatic rings. The summed E-state index contributed by atoms with van der Waals surface area (Å²) in [5.74, 6) is 6.17. The van der Waals surface area contributed by atoms with E-state index in [0.29, 0.717) is 11.5 Å². The number of hydrogen-bond acceptors (Lipinski definition) is 5. The van der Waals surface area contributed by atoms with Crippen molar-refractivity contribution in [3.63, 3.8) is 0 Å². The minimum Gasteiger partial charge on any atom is -0.465 e. The quantitative estimate of drug-likeness (QED) is 0.535. The summed E-state index contributed by atoms with van der Waals surface area (Å²) in [5.41, 5.74) is 0.788. The first kappa shape index (κ1) is 21.9. The molecule has 3 atom stereocenters. The Labute approximate surface area is 177 Å². The fourth-order valence-electron chi connectivity index (χ4n) is 4.19. The Kier molecular flexibility index (Phi) is 6.70. The maximum Gasteiger partial charge on any atom is 0.348 e. The van der Waals surface area contributed by atoms with Crippen molar-refractivity contribution < 1.29 is 19.1 Å². The standard InChI is InChI=1S/C23H31NO4S/c1-6-17(18-8-11-24(21(18)25)15-9-12-28-14-15)19-13-16(7-10-23(2,3)4)29-20(19)22(26)27-5/h13,15,17-18H,6,8-9,11-12,14H2,1-5H3/t15-,17?,18+/m0/s1. The first-order valence-corrected chi connectivity index (χ1v) is 11.2. The number of thiophene rings is 1. The third kappa shape index (κ3) is 4.84. The summed E-state index contributed by atoms with van der Waals surface area (Å²) in [7, 11) is 1.40. The van der Waals surface area contributed by atoms with Gasteiger partial charge in [-0.1, -0.05) is 18.8 Å². The summed E-state index contributed by atoms with van der Waals surface area (Å²) >= 11 is 1.37. The second kappa shape index (κ2) is 8.89. The molecule has 158 valence electrons. The molecule has 2 fully saturated rings. The summed E-state index contributed by atoms with van der Waals surface area (Å²) in [6.45, 7) is 10.4. The van der Waals surface area contributed by atoms with Gasteiger partial charge in [0.2, 0.25) is 5.91 Å². The molecule has 29 heavy (non-hydrogen) atoms. The summed E-state index contributed by atoms with van der Waals surface area (Å²) < 4.78 is 10.5. The van der Waals surface area contributed by atoms with E-state index in [1.807, 2.05) is 11.0 Å². The van der Waals surface area contributed by atoms with Crippen LogP contribution in [0.1, 0.15) is 73.0 Å². The fraction of sp³-hybridized carbons (Fsp3) is 0.652. The van der Waals surface area contributed by atoms with Crippen LogP contribution in [0.5, 0.6) is 0 Å². The number of nitrogens with zero attached hydrogens (tertiary/aromatic N) is 1. The van der Waals surface area contributed by atoms with Gasteiger partial charge in [-0.05, 0) is 57.6 Å². The molecule has 1 unspecified atom stereocenters. The lowest BCUT2D eigenvalue weighted by Crippen LogP contribution is -2.38. The number of carbonyl (C=O) groups is 2. The monoisotopic (exact) mass is 417 g/mol. The lowest BCUT2D eigenvalue weighted by atomic mass is 9.83. The summed E-state index contributed by atoms with van der Waals surface area (Å²) in [6, 6.07) is 2.19. The highest BCUT2D eigenvalue weighted by Gasteiger charge is 2.42. The van der Waals surface area contributed by atoms with Crippen molar-refractivity contribution in [3.8, 4) is 11.8 Å². The van der Waals surface area contributed by atoms with Crippen LogP contribution in [-0.4, -0.2) is 49.7 Å². The summed E-state index contributed by atoms with van der Waals surface area (Å²) in [4.78, 5) is 29.1. The maximum absolute atomic E-state index is 13.2. The van der Waals surface area contributed by atoms with Crippen molar-refractivity contribution in [2.45, 2.75) is 58.9 Å². The van der Waals surface area contributed by atoms with Crippen molar-refractivity contribution in [1.82, 2.24) is 4.90 Å². The normalized spacial score (nSPS) is 23.1. The molecule has 1 aromatic heterocycles. The Bertz CT molecular complexity index is 820. The van der Waals surface area contributed by atoms with Crippen LogP contribution in [0.2, 0.25) is 0 Å². The van der Waals surface area contributed by atoms with E-state index >= 15 is 0 Å². The van der Waals surface area contributed by atoms with Gasteiger partial charge in [0, 0.05) is 24.5 Å². The molecule has 0 spiro atoms. The van der Waals surface area contributed by atoms with Crippen LogP contribution < -0.4 is 0 Å². The van der Waals surface area contributed by atoms with Gasteiger partial charge < -0.3 is 14.4 Å². The number of hydrogen-bond donors (Lipinski definition) is 0. The molecule has 5 nitrogen and oxygen atoms in total. The van der Waals surface area contributed by atoms with E-state index in [-0.39, 0.29) is 35.2 Å². The van der Waals surface area contributed by atoms with Crippen molar-refractivity contribution in [3.05, 3.63) is 21.4 Å². The molecule has 0 N–H and O–H groups in total. The molecule has 3 heterocycles. The van der Waals surface area contributed by atoms with Crippen molar-refractivity contribution in [2.75, 3.05) is 26.9 Å². The van der Waals surface area contributed by atoms with Crippen LogP contribution >= 0.6 is 11.3 Å². The highest BCUT2D eigenvalue weighted by Crippen LogP contribution is 2.41. The van der Waals surface area contributed by atoms with Crippen LogP contribution in [-0.2, 0) is 14.3 Å².